The molecule has 0 atom stereocenters. The monoisotopic (exact) mass is 235 g/mol. The lowest BCUT2D eigenvalue weighted by molar-refractivity contribution is -0.366. The molecule has 86 valence electrons. The molecule has 0 saturated carbocycles. The molecule has 0 radical (unpaired) electrons. The summed E-state index contributed by atoms with van der Waals surface area (Å²) in [4.78, 5) is 12.0. The summed E-state index contributed by atoms with van der Waals surface area (Å²) in [6.07, 6.45) is 20.9. The molecule has 0 saturated heterocycles. The zero-order valence-corrected chi connectivity index (χ0v) is 9.67. The van der Waals surface area contributed by atoms with Crippen molar-refractivity contribution >= 4 is 11.8 Å². The third-order valence-corrected chi connectivity index (χ3v) is 2.85. The molecule has 0 aromatic carbocycles. The molecule has 0 unspecified atom stereocenters. The van der Waals surface area contributed by atoms with Crippen LogP contribution in [0.25, 0.3) is 0 Å². The second-order valence-electron chi connectivity index (χ2n) is 4.01. The van der Waals surface area contributed by atoms with E-state index in [1.165, 1.54) is 0 Å². The van der Waals surface area contributed by atoms with Crippen molar-refractivity contribution in [1.82, 2.24) is 0 Å². The fourth-order valence-electron chi connectivity index (χ4n) is 2.03. The van der Waals surface area contributed by atoms with E-state index in [1.54, 1.807) is 0 Å². The summed E-state index contributed by atoms with van der Waals surface area (Å²) in [6.45, 7) is 0. The first-order valence-corrected chi connectivity index (χ1v) is 5.77. The molecule has 1 heterocycles. The number of fused-ring (bicyclic) bond motifs is 1. The minimum Gasteiger partial charge on any atom is -0.267 e. The zero-order chi connectivity index (χ0) is 12.4. The van der Waals surface area contributed by atoms with E-state index in [0.29, 0.717) is 11.4 Å². The Kier molecular flexibility index (Phi) is 2.61. The fraction of sp³-hybridized carbons (Fsp3) is 0. The SMILES string of the molecule is O=C1[O+]=C2C=CC=CC=C2C1=C1C=CC=CC=C1. The lowest BCUT2D eigenvalue weighted by Crippen LogP contribution is -2.00. The van der Waals surface area contributed by atoms with Gasteiger partial charge < -0.3 is 0 Å². The first-order chi connectivity index (χ1) is 8.86. The molecule has 2 nitrogen and oxygen atoms in total. The summed E-state index contributed by atoms with van der Waals surface area (Å²) >= 11 is 0. The molecule has 0 amide bonds. The average molecular weight is 235 g/mol. The average Bonchev–Trinajstić information content (AvgIpc) is 2.62. The standard InChI is InChI=1S/C16H11O2/c17-16-15(12-8-4-1-2-5-9-12)13-10-6-3-7-11-14(13)18-16/h1-11H/q+1. The molecule has 3 aliphatic rings. The molecular weight excluding hydrogens is 224 g/mol. The second-order valence-corrected chi connectivity index (χ2v) is 4.01. The normalized spacial score (nSPS) is 20.8. The van der Waals surface area contributed by atoms with Gasteiger partial charge in [-0.2, -0.15) is 0 Å². The van der Waals surface area contributed by atoms with Gasteiger partial charge in [0.25, 0.3) is 5.78 Å². The highest BCUT2D eigenvalue weighted by atomic mass is 16.5. The molecule has 0 bridgehead atoms. The summed E-state index contributed by atoms with van der Waals surface area (Å²) < 4.78 is 5.29. The second kappa shape index (κ2) is 4.41. The van der Waals surface area contributed by atoms with E-state index < -0.39 is 0 Å². The van der Waals surface area contributed by atoms with Crippen molar-refractivity contribution in [1.29, 1.82) is 0 Å². The van der Waals surface area contributed by atoms with Crippen LogP contribution in [0.4, 0.5) is 0 Å². The number of hydrogen-bond donors (Lipinski definition) is 0. The van der Waals surface area contributed by atoms with Gasteiger partial charge in [-0.15, -0.1) is 0 Å². The van der Waals surface area contributed by atoms with Crippen molar-refractivity contribution in [2.45, 2.75) is 0 Å². The van der Waals surface area contributed by atoms with Gasteiger partial charge in [0.15, 0.2) is 5.57 Å². The van der Waals surface area contributed by atoms with Crippen molar-refractivity contribution in [3.05, 3.63) is 83.6 Å². The first-order valence-electron chi connectivity index (χ1n) is 5.77. The van der Waals surface area contributed by atoms with Crippen molar-refractivity contribution in [2.24, 2.45) is 0 Å². The van der Waals surface area contributed by atoms with Gasteiger partial charge in [0.05, 0.1) is 10.4 Å². The van der Waals surface area contributed by atoms with E-state index in [-0.39, 0.29) is 5.97 Å². The Morgan fingerprint density at radius 1 is 0.778 bits per heavy atom. The van der Waals surface area contributed by atoms with Crippen molar-refractivity contribution in [3.8, 4) is 0 Å². The van der Waals surface area contributed by atoms with Crippen LogP contribution < -0.4 is 0 Å². The molecule has 2 heteroatoms. The Labute approximate surface area is 105 Å². The highest BCUT2D eigenvalue weighted by Gasteiger charge is 2.39. The van der Waals surface area contributed by atoms with Crippen molar-refractivity contribution in [3.63, 3.8) is 0 Å². The van der Waals surface area contributed by atoms with Gasteiger partial charge in [-0.3, -0.25) is 4.42 Å². The van der Waals surface area contributed by atoms with E-state index in [2.05, 4.69) is 0 Å². The third-order valence-electron chi connectivity index (χ3n) is 2.85. The maximum absolute atomic E-state index is 12.0. The highest BCUT2D eigenvalue weighted by Crippen LogP contribution is 2.26. The Bertz CT molecular complexity index is 627. The van der Waals surface area contributed by atoms with Gasteiger partial charge in [-0.05, 0) is 11.6 Å². The zero-order valence-electron chi connectivity index (χ0n) is 9.67. The maximum atomic E-state index is 12.0. The largest absolute Gasteiger partial charge is 0.615 e. The molecular formula is C16H11O2+. The molecule has 2 aliphatic carbocycles. The predicted octanol–water partition coefficient (Wildman–Crippen LogP) is 2.66. The van der Waals surface area contributed by atoms with Crippen LogP contribution >= 0.6 is 0 Å². The lowest BCUT2D eigenvalue weighted by Gasteiger charge is -1.96. The summed E-state index contributed by atoms with van der Waals surface area (Å²) in [5.74, 6) is 0.328. The van der Waals surface area contributed by atoms with Crippen LogP contribution in [0.5, 0.6) is 0 Å². The number of allylic oxidation sites excluding steroid dienone is 12. The number of carbonyl (C=O) groups is 1. The van der Waals surface area contributed by atoms with Crippen LogP contribution in [0.2, 0.25) is 0 Å². The Balaban J connectivity index is 2.17. The van der Waals surface area contributed by atoms with Crippen LogP contribution in [0.1, 0.15) is 0 Å². The third kappa shape index (κ3) is 1.78. The van der Waals surface area contributed by atoms with E-state index in [4.69, 9.17) is 4.42 Å². The van der Waals surface area contributed by atoms with E-state index >= 15 is 0 Å². The Morgan fingerprint density at radius 3 is 2.22 bits per heavy atom. The summed E-state index contributed by atoms with van der Waals surface area (Å²) in [5.41, 5.74) is 2.34. The topological polar surface area (TPSA) is 28.4 Å². The van der Waals surface area contributed by atoms with Crippen LogP contribution in [-0.2, 0) is 9.22 Å². The summed E-state index contributed by atoms with van der Waals surface area (Å²) in [7, 11) is 0. The molecule has 1 aliphatic heterocycles. The smallest absolute Gasteiger partial charge is 0.267 e. The van der Waals surface area contributed by atoms with Crippen LogP contribution in [-0.4, -0.2) is 11.8 Å². The highest BCUT2D eigenvalue weighted by molar-refractivity contribution is 6.21. The number of carbonyl (C=O) groups excluding carboxylic acids is 2. The summed E-state index contributed by atoms with van der Waals surface area (Å²) in [6, 6.07) is 0. The molecule has 0 N–H and O–H groups in total. The first kappa shape index (κ1) is 10.7. The minimum absolute atomic E-state index is 0.289. The van der Waals surface area contributed by atoms with Crippen molar-refractivity contribution < 1.29 is 9.22 Å². The number of ketones is 1. The molecule has 0 spiro atoms. The molecule has 0 aromatic rings. The van der Waals surface area contributed by atoms with Gasteiger partial charge in [0.1, 0.15) is 0 Å². The molecule has 0 fully saturated rings. The van der Waals surface area contributed by atoms with Crippen LogP contribution in [0, 0.1) is 0 Å². The molecule has 3 rings (SSSR count). The Hall–Kier alpha value is -2.48. The summed E-state index contributed by atoms with van der Waals surface area (Å²) in [5, 5.41) is 0. The van der Waals surface area contributed by atoms with E-state index in [0.717, 1.165) is 11.1 Å². The van der Waals surface area contributed by atoms with E-state index in [9.17, 15) is 4.79 Å². The maximum Gasteiger partial charge on any atom is 0.615 e. The quantitative estimate of drug-likeness (QED) is 0.468. The van der Waals surface area contributed by atoms with Gasteiger partial charge in [-0.25, -0.2) is 0 Å². The van der Waals surface area contributed by atoms with Crippen LogP contribution in [0.15, 0.2) is 83.6 Å². The Morgan fingerprint density at radius 2 is 1.44 bits per heavy atom. The van der Waals surface area contributed by atoms with Gasteiger partial charge in [-0.1, -0.05) is 54.7 Å². The van der Waals surface area contributed by atoms with Crippen molar-refractivity contribution in [2.75, 3.05) is 0 Å². The van der Waals surface area contributed by atoms with Gasteiger partial charge in [0.2, 0.25) is 0 Å². The van der Waals surface area contributed by atoms with Gasteiger partial charge >= 0.3 is 5.97 Å². The lowest BCUT2D eigenvalue weighted by atomic mass is 9.97. The fourth-order valence-corrected chi connectivity index (χ4v) is 2.03. The predicted molar refractivity (Wildman–Crippen MR) is 70.8 cm³/mol. The van der Waals surface area contributed by atoms with E-state index in [1.807, 2.05) is 66.8 Å². The molecule has 18 heavy (non-hydrogen) atoms. The minimum atomic E-state index is -0.289. The van der Waals surface area contributed by atoms with Gasteiger partial charge in [0, 0.05) is 6.08 Å². The number of rotatable bonds is 0. The van der Waals surface area contributed by atoms with Crippen LogP contribution in [0.3, 0.4) is 0 Å². The molecule has 0 aromatic heterocycles. The number of hydrogen-bond acceptors (Lipinski definition) is 1.